The van der Waals surface area contributed by atoms with Crippen LogP contribution < -0.4 is 14.9 Å². The first-order valence-corrected chi connectivity index (χ1v) is 12.4. The van der Waals surface area contributed by atoms with E-state index in [2.05, 4.69) is 0 Å². The monoisotopic (exact) mass is 509 g/mol. The zero-order valence-electron chi connectivity index (χ0n) is 21.5. The van der Waals surface area contributed by atoms with Gasteiger partial charge in [-0.15, -0.1) is 0 Å². The molecule has 0 bridgehead atoms. The maximum Gasteiger partial charge on any atom is 0.338 e. The summed E-state index contributed by atoms with van der Waals surface area (Å²) < 4.78 is 19.7. The molecule has 0 saturated carbocycles. The van der Waals surface area contributed by atoms with Gasteiger partial charge in [-0.2, -0.15) is 0 Å². The fourth-order valence-electron chi connectivity index (χ4n) is 5.52. The molecule has 0 radical (unpaired) electrons. The number of rotatable bonds is 3. The summed E-state index contributed by atoms with van der Waals surface area (Å²) in [7, 11) is 3.34. The predicted octanol–water partition coefficient (Wildman–Crippen LogP) is 5.28. The summed E-state index contributed by atoms with van der Waals surface area (Å²) in [5, 5.41) is 14.6. The number of carbonyl (C=O) groups is 1. The number of hydrogen-bond acceptors (Lipinski definition) is 6. The van der Waals surface area contributed by atoms with Crippen molar-refractivity contribution in [2.75, 3.05) is 7.11 Å². The minimum Gasteiger partial charge on any atom is -0.496 e. The molecule has 1 aliphatic heterocycles. The second-order valence-electron chi connectivity index (χ2n) is 10.2. The lowest BCUT2D eigenvalue weighted by atomic mass is 9.86. The molecule has 2 atom stereocenters. The molecule has 6 rings (SSSR count). The molecule has 2 unspecified atom stereocenters. The van der Waals surface area contributed by atoms with Gasteiger partial charge in [0.25, 0.3) is 0 Å². The van der Waals surface area contributed by atoms with Crippen molar-refractivity contribution in [2.24, 2.45) is 7.05 Å². The Kier molecular flexibility index (Phi) is 5.43. The van der Waals surface area contributed by atoms with E-state index >= 15 is 0 Å². The summed E-state index contributed by atoms with van der Waals surface area (Å²) in [5.74, 6) is 0.143. The van der Waals surface area contributed by atoms with Crippen molar-refractivity contribution in [3.63, 3.8) is 0 Å². The molecule has 7 nitrogen and oxygen atoms in total. The molecule has 1 N–H and O–H groups in total. The van der Waals surface area contributed by atoms with E-state index in [1.165, 1.54) is 7.11 Å². The number of aryl methyl sites for hydroxylation is 1. The van der Waals surface area contributed by atoms with Crippen molar-refractivity contribution >= 4 is 38.5 Å². The molecule has 0 aliphatic carbocycles. The van der Waals surface area contributed by atoms with Crippen molar-refractivity contribution in [2.45, 2.75) is 31.7 Å². The van der Waals surface area contributed by atoms with Gasteiger partial charge in [0.15, 0.2) is 6.10 Å². The number of hydrogen-bond donors (Lipinski definition) is 1. The van der Waals surface area contributed by atoms with E-state index in [0.717, 1.165) is 10.8 Å². The molecule has 1 aliphatic rings. The number of aromatic nitrogens is 1. The first kappa shape index (κ1) is 24.0. The molecule has 1 aromatic heterocycles. The van der Waals surface area contributed by atoms with Crippen molar-refractivity contribution in [1.82, 2.24) is 4.57 Å². The van der Waals surface area contributed by atoms with Gasteiger partial charge in [-0.25, -0.2) is 4.79 Å². The summed E-state index contributed by atoms with van der Waals surface area (Å²) in [6, 6.07) is 21.9. The summed E-state index contributed by atoms with van der Waals surface area (Å²) in [4.78, 5) is 26.9. The quantitative estimate of drug-likeness (QED) is 0.263. The number of methoxy groups -OCH3 is 1. The molecule has 0 amide bonds. The van der Waals surface area contributed by atoms with Crippen LogP contribution in [-0.2, 0) is 11.8 Å². The Morgan fingerprint density at radius 3 is 2.34 bits per heavy atom. The summed E-state index contributed by atoms with van der Waals surface area (Å²) in [6.07, 6.45) is -2.31. The number of aliphatic hydroxyl groups is 1. The van der Waals surface area contributed by atoms with Crippen molar-refractivity contribution in [1.29, 1.82) is 0 Å². The van der Waals surface area contributed by atoms with E-state index in [4.69, 9.17) is 14.2 Å². The molecule has 7 heteroatoms. The largest absolute Gasteiger partial charge is 0.496 e. The lowest BCUT2D eigenvalue weighted by Gasteiger charge is -2.42. The van der Waals surface area contributed by atoms with Crippen LogP contribution in [0.5, 0.6) is 11.5 Å². The van der Waals surface area contributed by atoms with E-state index < -0.39 is 23.8 Å². The van der Waals surface area contributed by atoms with Crippen molar-refractivity contribution in [3.8, 4) is 11.5 Å². The Hall–Kier alpha value is -4.36. The Balaban J connectivity index is 1.62. The predicted molar refractivity (Wildman–Crippen MR) is 146 cm³/mol. The highest BCUT2D eigenvalue weighted by molar-refractivity contribution is 6.04. The van der Waals surface area contributed by atoms with Crippen molar-refractivity contribution in [3.05, 3.63) is 94.1 Å². The maximum absolute atomic E-state index is 13.9. The molecule has 0 fully saturated rings. The molecule has 0 spiro atoms. The van der Waals surface area contributed by atoms with Gasteiger partial charge in [0.2, 0.25) is 5.43 Å². The number of benzene rings is 4. The summed E-state index contributed by atoms with van der Waals surface area (Å²) in [5.41, 5.74) is 0.629. The molecule has 192 valence electrons. The van der Waals surface area contributed by atoms with Gasteiger partial charge < -0.3 is 23.9 Å². The van der Waals surface area contributed by atoms with Crippen LogP contribution >= 0.6 is 0 Å². The molecular weight excluding hydrogens is 482 g/mol. The molecule has 2 heterocycles. The Morgan fingerprint density at radius 1 is 1.00 bits per heavy atom. The highest BCUT2D eigenvalue weighted by Crippen LogP contribution is 2.47. The number of pyridine rings is 1. The topological polar surface area (TPSA) is 87.0 Å². The van der Waals surface area contributed by atoms with Gasteiger partial charge in [0.1, 0.15) is 23.2 Å². The molecule has 5 aromatic rings. The number of fused-ring (bicyclic) bond motifs is 5. The van der Waals surface area contributed by atoms with Crippen LogP contribution in [0.15, 0.2) is 77.6 Å². The fourth-order valence-corrected chi connectivity index (χ4v) is 5.52. The van der Waals surface area contributed by atoms with Gasteiger partial charge >= 0.3 is 5.97 Å². The minimum atomic E-state index is -1.27. The lowest BCUT2D eigenvalue weighted by molar-refractivity contribution is -0.118. The van der Waals surface area contributed by atoms with E-state index in [1.807, 2.05) is 54.1 Å². The third-order valence-electron chi connectivity index (χ3n) is 7.40. The molecule has 38 heavy (non-hydrogen) atoms. The Morgan fingerprint density at radius 2 is 1.66 bits per heavy atom. The van der Waals surface area contributed by atoms with Crippen LogP contribution in [-0.4, -0.2) is 34.5 Å². The van der Waals surface area contributed by atoms with Gasteiger partial charge in [-0.05, 0) is 48.9 Å². The number of esters is 1. The van der Waals surface area contributed by atoms with Gasteiger partial charge in [-0.1, -0.05) is 42.5 Å². The van der Waals surface area contributed by atoms with E-state index in [-0.39, 0.29) is 5.43 Å². The highest BCUT2D eigenvalue weighted by atomic mass is 16.6. The number of aliphatic hydroxyl groups excluding tert-OH is 1. The second-order valence-corrected chi connectivity index (χ2v) is 10.2. The summed E-state index contributed by atoms with van der Waals surface area (Å²) in [6.45, 7) is 3.51. The zero-order valence-corrected chi connectivity index (χ0v) is 21.5. The number of ether oxygens (including phenoxy) is 3. The number of nitrogens with zero attached hydrogens (tertiary/aromatic N) is 1. The molecule has 4 aromatic carbocycles. The SMILES string of the molecule is COc1cc2c(c3c1c(=O)c1cc4ccccc4cc1n3C)C(O)C(OC(=O)c1ccccc1)C(C)(C)O2. The van der Waals surface area contributed by atoms with E-state index in [9.17, 15) is 14.7 Å². The smallest absolute Gasteiger partial charge is 0.338 e. The third kappa shape index (κ3) is 3.54. The zero-order chi connectivity index (χ0) is 26.8. The summed E-state index contributed by atoms with van der Waals surface area (Å²) >= 11 is 0. The maximum atomic E-state index is 13.9. The first-order chi connectivity index (χ1) is 18.2. The molecule has 0 saturated heterocycles. The Bertz CT molecular complexity index is 1810. The number of carbonyl (C=O) groups excluding carboxylic acids is 1. The first-order valence-electron chi connectivity index (χ1n) is 12.4. The standard InChI is InChI=1S/C31H27NO6/c1-31(2)29(37-30(35)17-10-6-5-7-11-17)28(34)25-23(38-31)16-22(36-4)24-26(25)32(3)21-15-19-13-9-8-12-18(19)14-20(21)27(24)33/h5-16,28-29,34H,1-4H3. The van der Waals surface area contributed by atoms with Crippen LogP contribution in [0.25, 0.3) is 32.6 Å². The van der Waals surface area contributed by atoms with E-state index in [0.29, 0.717) is 44.4 Å². The van der Waals surface area contributed by atoms with Crippen molar-refractivity contribution < 1.29 is 24.1 Å². The van der Waals surface area contributed by atoms with Crippen LogP contribution in [0.4, 0.5) is 0 Å². The van der Waals surface area contributed by atoms with Gasteiger partial charge in [-0.3, -0.25) is 4.79 Å². The van der Waals surface area contributed by atoms with Crippen LogP contribution in [0.3, 0.4) is 0 Å². The minimum absolute atomic E-state index is 0.214. The second kappa shape index (κ2) is 8.60. The average Bonchev–Trinajstić information content (AvgIpc) is 2.92. The Labute approximate surface area is 218 Å². The normalized spacial score (nSPS) is 18.2. The van der Waals surface area contributed by atoms with Crippen LogP contribution in [0.2, 0.25) is 0 Å². The van der Waals surface area contributed by atoms with Gasteiger partial charge in [0.05, 0.1) is 34.7 Å². The van der Waals surface area contributed by atoms with E-state index in [1.54, 1.807) is 44.2 Å². The van der Waals surface area contributed by atoms with Crippen LogP contribution in [0.1, 0.15) is 35.9 Å². The fraction of sp³-hybridized carbons (Fsp3) is 0.226. The lowest BCUT2D eigenvalue weighted by Crippen LogP contribution is -2.51. The van der Waals surface area contributed by atoms with Gasteiger partial charge in [0, 0.05) is 18.5 Å². The average molecular weight is 510 g/mol. The third-order valence-corrected chi connectivity index (χ3v) is 7.40. The molecular formula is C31H27NO6. The van der Waals surface area contributed by atoms with Crippen LogP contribution in [0, 0.1) is 0 Å². The highest BCUT2D eigenvalue weighted by Gasteiger charge is 2.48.